The Balaban J connectivity index is 1.11. The van der Waals surface area contributed by atoms with Gasteiger partial charge in [0.15, 0.2) is 0 Å². The maximum atomic E-state index is 13.6. The molecule has 2 heterocycles. The number of hydrogen-bond donors (Lipinski definition) is 1. The number of benzene rings is 2. The van der Waals surface area contributed by atoms with E-state index in [0.29, 0.717) is 25.2 Å². The highest BCUT2D eigenvalue weighted by atomic mass is 19.1. The minimum atomic E-state index is -0.294. The minimum Gasteiger partial charge on any atom is -0.356 e. The minimum absolute atomic E-state index is 0.00383. The molecule has 0 bridgehead atoms. The molecular formula is C29H30FN3O2. The van der Waals surface area contributed by atoms with Crippen LogP contribution in [0.3, 0.4) is 0 Å². The summed E-state index contributed by atoms with van der Waals surface area (Å²) >= 11 is 0. The topological polar surface area (TPSA) is 62.3 Å². The summed E-state index contributed by atoms with van der Waals surface area (Å²) in [5, 5.41) is 3.11. The highest BCUT2D eigenvalue weighted by molar-refractivity contribution is 5.95. The number of pyridine rings is 1. The van der Waals surface area contributed by atoms with Gasteiger partial charge in [0.05, 0.1) is 0 Å². The number of piperidine rings is 1. The molecule has 5 nitrogen and oxygen atoms in total. The van der Waals surface area contributed by atoms with E-state index in [1.807, 2.05) is 47.4 Å². The zero-order chi connectivity index (χ0) is 24.3. The van der Waals surface area contributed by atoms with Crippen molar-refractivity contribution in [1.29, 1.82) is 0 Å². The molecule has 5 rings (SSSR count). The Morgan fingerprint density at radius 1 is 1.00 bits per heavy atom. The Labute approximate surface area is 205 Å². The molecule has 1 atom stereocenters. The zero-order valence-electron chi connectivity index (χ0n) is 19.8. The second-order valence-corrected chi connectivity index (χ2v) is 9.75. The van der Waals surface area contributed by atoms with Gasteiger partial charge in [0.25, 0.3) is 5.91 Å². The molecule has 1 N–H and O–H groups in total. The molecule has 2 fully saturated rings. The summed E-state index contributed by atoms with van der Waals surface area (Å²) in [5.41, 5.74) is 3.48. The number of halogens is 1. The first kappa shape index (κ1) is 23.2. The zero-order valence-corrected chi connectivity index (χ0v) is 19.8. The van der Waals surface area contributed by atoms with E-state index in [1.165, 1.54) is 17.7 Å². The van der Waals surface area contributed by atoms with E-state index in [4.69, 9.17) is 0 Å². The van der Waals surface area contributed by atoms with Crippen molar-refractivity contribution < 1.29 is 14.0 Å². The number of likely N-dealkylation sites (tertiary alicyclic amines) is 1. The first-order valence-corrected chi connectivity index (χ1v) is 12.4. The lowest BCUT2D eigenvalue weighted by Crippen LogP contribution is -2.40. The first-order valence-electron chi connectivity index (χ1n) is 12.4. The summed E-state index contributed by atoms with van der Waals surface area (Å²) in [7, 11) is 0. The number of rotatable bonds is 7. The van der Waals surface area contributed by atoms with Crippen LogP contribution in [-0.4, -0.2) is 41.3 Å². The quantitative estimate of drug-likeness (QED) is 0.500. The maximum absolute atomic E-state index is 13.6. The van der Waals surface area contributed by atoms with Gasteiger partial charge < -0.3 is 10.2 Å². The molecule has 0 radical (unpaired) electrons. The molecule has 0 unspecified atom stereocenters. The lowest BCUT2D eigenvalue weighted by Gasteiger charge is -2.33. The fourth-order valence-corrected chi connectivity index (χ4v) is 5.29. The van der Waals surface area contributed by atoms with Crippen LogP contribution in [0.25, 0.3) is 11.1 Å². The fourth-order valence-electron chi connectivity index (χ4n) is 5.29. The maximum Gasteiger partial charge on any atom is 0.253 e. The summed E-state index contributed by atoms with van der Waals surface area (Å²) < 4.78 is 13.6. The lowest BCUT2D eigenvalue weighted by molar-refractivity contribution is -0.123. The van der Waals surface area contributed by atoms with Crippen molar-refractivity contribution in [3.63, 3.8) is 0 Å². The van der Waals surface area contributed by atoms with Crippen molar-refractivity contribution in [2.24, 2.45) is 11.3 Å². The van der Waals surface area contributed by atoms with Crippen LogP contribution in [0.2, 0.25) is 0 Å². The van der Waals surface area contributed by atoms with Gasteiger partial charge in [-0.15, -0.1) is 0 Å². The molecule has 1 spiro atoms. The normalized spacial score (nSPS) is 18.3. The van der Waals surface area contributed by atoms with E-state index >= 15 is 0 Å². The van der Waals surface area contributed by atoms with Crippen molar-refractivity contribution in [3.05, 3.63) is 90.0 Å². The molecule has 6 heteroatoms. The summed E-state index contributed by atoms with van der Waals surface area (Å²) in [6, 6.07) is 17.8. The van der Waals surface area contributed by atoms with E-state index < -0.39 is 0 Å². The Hall–Kier alpha value is -3.54. The molecule has 35 heavy (non-hydrogen) atoms. The van der Waals surface area contributed by atoms with Crippen LogP contribution in [0.5, 0.6) is 0 Å². The molecule has 3 aromatic rings. The monoisotopic (exact) mass is 471 g/mol. The van der Waals surface area contributed by atoms with E-state index in [1.54, 1.807) is 18.5 Å². The van der Waals surface area contributed by atoms with Crippen LogP contribution in [0.15, 0.2) is 73.1 Å². The number of nitrogens with one attached hydrogen (secondary N) is 1. The molecule has 2 aliphatic rings. The summed E-state index contributed by atoms with van der Waals surface area (Å²) in [6.07, 6.45) is 8.05. The van der Waals surface area contributed by atoms with Gasteiger partial charge in [-0.3, -0.25) is 14.6 Å². The van der Waals surface area contributed by atoms with Crippen molar-refractivity contribution in [3.8, 4) is 11.1 Å². The second kappa shape index (κ2) is 9.98. The third-order valence-corrected chi connectivity index (χ3v) is 7.51. The van der Waals surface area contributed by atoms with Gasteiger partial charge >= 0.3 is 0 Å². The third-order valence-electron chi connectivity index (χ3n) is 7.51. The number of nitrogens with zero attached hydrogens (tertiary/aromatic N) is 2. The van der Waals surface area contributed by atoms with Gasteiger partial charge in [0.1, 0.15) is 5.82 Å². The smallest absolute Gasteiger partial charge is 0.253 e. The molecule has 1 aliphatic heterocycles. The van der Waals surface area contributed by atoms with Crippen LogP contribution in [-0.2, 0) is 11.2 Å². The highest BCUT2D eigenvalue weighted by Crippen LogP contribution is 2.59. The van der Waals surface area contributed by atoms with E-state index in [9.17, 15) is 14.0 Å². The number of carbonyl (C=O) groups excluding carboxylic acids is 2. The number of amides is 2. The van der Waals surface area contributed by atoms with E-state index in [2.05, 4.69) is 10.3 Å². The van der Waals surface area contributed by atoms with Crippen LogP contribution < -0.4 is 5.32 Å². The Bertz CT molecular complexity index is 1210. The van der Waals surface area contributed by atoms with Gasteiger partial charge in [0, 0.05) is 43.5 Å². The average Bonchev–Trinajstić information content (AvgIpc) is 3.60. The third kappa shape index (κ3) is 5.26. The van der Waals surface area contributed by atoms with Crippen LogP contribution in [0, 0.1) is 17.2 Å². The van der Waals surface area contributed by atoms with Crippen molar-refractivity contribution in [2.45, 2.75) is 32.1 Å². The Morgan fingerprint density at radius 2 is 1.71 bits per heavy atom. The van der Waals surface area contributed by atoms with Crippen molar-refractivity contribution >= 4 is 11.8 Å². The van der Waals surface area contributed by atoms with Gasteiger partial charge in [-0.25, -0.2) is 4.39 Å². The second-order valence-electron chi connectivity index (χ2n) is 9.75. The standard InChI is InChI=1S/C29H30FN3O2/c30-25-8-2-6-23(19-25)22-5-1-7-24(18-22)28(35)33-16-11-29(12-17-33)20-26(29)27(34)32-13-3-4-21-9-14-31-15-10-21/h1-2,5-10,14-15,18-19,26H,3-4,11-13,16-17,20H2,(H,32,34)/t26-/m0/s1. The SMILES string of the molecule is O=C(NCCCc1ccncc1)[C@@H]1CC12CCN(C(=O)c1cccc(-c3cccc(F)c3)c1)CC2. The first-order chi connectivity index (χ1) is 17.0. The number of carbonyl (C=O) groups is 2. The molecule has 180 valence electrons. The molecule has 2 aromatic carbocycles. The predicted octanol–water partition coefficient (Wildman–Crippen LogP) is 4.88. The van der Waals surface area contributed by atoms with E-state index in [-0.39, 0.29) is 29.0 Å². The van der Waals surface area contributed by atoms with E-state index in [0.717, 1.165) is 43.2 Å². The molecule has 2 amide bonds. The molecular weight excluding hydrogens is 441 g/mol. The number of aryl methyl sites for hydroxylation is 1. The van der Waals surface area contributed by atoms with Gasteiger partial charge in [-0.05, 0) is 90.6 Å². The average molecular weight is 472 g/mol. The van der Waals surface area contributed by atoms with Gasteiger partial charge in [-0.1, -0.05) is 24.3 Å². The number of aromatic nitrogens is 1. The van der Waals surface area contributed by atoms with Crippen molar-refractivity contribution in [2.75, 3.05) is 19.6 Å². The molecule has 1 saturated heterocycles. The summed E-state index contributed by atoms with van der Waals surface area (Å²) in [6.45, 7) is 2.00. The fraction of sp³-hybridized carbons (Fsp3) is 0.345. The van der Waals surface area contributed by atoms with Crippen LogP contribution in [0.1, 0.15) is 41.6 Å². The molecule has 1 aromatic heterocycles. The Kier molecular flexibility index (Phi) is 6.62. The van der Waals surface area contributed by atoms with Gasteiger partial charge in [0.2, 0.25) is 5.91 Å². The number of hydrogen-bond acceptors (Lipinski definition) is 3. The Morgan fingerprint density at radius 3 is 2.46 bits per heavy atom. The van der Waals surface area contributed by atoms with Gasteiger partial charge in [-0.2, -0.15) is 0 Å². The van der Waals surface area contributed by atoms with Crippen LogP contribution >= 0.6 is 0 Å². The van der Waals surface area contributed by atoms with Crippen LogP contribution in [0.4, 0.5) is 4.39 Å². The lowest BCUT2D eigenvalue weighted by atomic mass is 9.90. The highest BCUT2D eigenvalue weighted by Gasteiger charge is 2.58. The molecule has 1 aliphatic carbocycles. The predicted molar refractivity (Wildman–Crippen MR) is 133 cm³/mol. The summed E-state index contributed by atoms with van der Waals surface area (Å²) in [4.78, 5) is 31.8. The molecule has 1 saturated carbocycles. The van der Waals surface area contributed by atoms with Crippen molar-refractivity contribution in [1.82, 2.24) is 15.2 Å². The largest absolute Gasteiger partial charge is 0.356 e. The summed E-state index contributed by atoms with van der Waals surface area (Å²) in [5.74, 6) is -0.0764.